The van der Waals surface area contributed by atoms with Crippen molar-refractivity contribution in [3.05, 3.63) is 33.7 Å². The summed E-state index contributed by atoms with van der Waals surface area (Å²) in [5.74, 6) is 1.48. The van der Waals surface area contributed by atoms with Crippen molar-refractivity contribution in [1.29, 1.82) is 5.26 Å². The zero-order valence-electron chi connectivity index (χ0n) is 21.9. The molecule has 0 spiro atoms. The quantitative estimate of drug-likeness (QED) is 0.400. The number of carbonyl (C=O) groups excluding carboxylic acids is 1. The van der Waals surface area contributed by atoms with Gasteiger partial charge in [0.1, 0.15) is 11.1 Å². The minimum Gasteiger partial charge on any atom is -0.490 e. The summed E-state index contributed by atoms with van der Waals surface area (Å²) in [6.45, 7) is 13.6. The van der Waals surface area contributed by atoms with Crippen molar-refractivity contribution >= 4 is 39.6 Å². The third-order valence-corrected chi connectivity index (χ3v) is 7.60. The van der Waals surface area contributed by atoms with Gasteiger partial charge in [-0.05, 0) is 81.3 Å². The Kier molecular flexibility index (Phi) is 9.20. The van der Waals surface area contributed by atoms with Crippen LogP contribution in [0.1, 0.15) is 74.3 Å². The predicted molar refractivity (Wildman–Crippen MR) is 148 cm³/mol. The van der Waals surface area contributed by atoms with Crippen molar-refractivity contribution in [3.8, 4) is 23.3 Å². The zero-order chi connectivity index (χ0) is 26.5. The normalized spacial score (nSPS) is 14.9. The number of amides is 1. The molecule has 1 amide bonds. The molecule has 0 bridgehead atoms. The number of hydrogen-bond acceptors (Lipinski definition) is 7. The van der Waals surface area contributed by atoms with Crippen LogP contribution in [0.2, 0.25) is 0 Å². The van der Waals surface area contributed by atoms with Crippen LogP contribution in [0.4, 0.5) is 5.00 Å². The molecule has 1 unspecified atom stereocenters. The molecule has 194 valence electrons. The van der Waals surface area contributed by atoms with E-state index in [4.69, 9.17) is 26.4 Å². The third kappa shape index (κ3) is 6.29. The van der Waals surface area contributed by atoms with Gasteiger partial charge in [0.25, 0.3) is 5.91 Å². The summed E-state index contributed by atoms with van der Waals surface area (Å²) >= 11 is 7.00. The van der Waals surface area contributed by atoms with Gasteiger partial charge in [0.2, 0.25) is 5.75 Å². The van der Waals surface area contributed by atoms with Crippen molar-refractivity contribution < 1.29 is 19.0 Å². The fourth-order valence-electron chi connectivity index (χ4n) is 4.36. The van der Waals surface area contributed by atoms with Crippen LogP contribution in [0.5, 0.6) is 17.2 Å². The van der Waals surface area contributed by atoms with Gasteiger partial charge in [-0.2, -0.15) is 5.26 Å². The Balaban J connectivity index is 1.80. The van der Waals surface area contributed by atoms with Crippen molar-refractivity contribution in [2.45, 2.75) is 60.8 Å². The number of carbonyl (C=O) groups is 1. The maximum Gasteiger partial charge on any atom is 0.257 e. The first-order chi connectivity index (χ1) is 17.1. The Morgan fingerprint density at radius 1 is 1.14 bits per heavy atom. The average Bonchev–Trinajstić information content (AvgIpc) is 3.16. The highest BCUT2D eigenvalue weighted by Crippen LogP contribution is 2.44. The lowest BCUT2D eigenvalue weighted by atomic mass is 9.72. The van der Waals surface area contributed by atoms with E-state index >= 15 is 0 Å². The van der Waals surface area contributed by atoms with Crippen LogP contribution in [-0.2, 0) is 12.8 Å². The van der Waals surface area contributed by atoms with E-state index in [1.807, 2.05) is 20.8 Å². The Bertz CT molecular complexity index is 1130. The van der Waals surface area contributed by atoms with E-state index in [9.17, 15) is 10.1 Å². The Labute approximate surface area is 223 Å². The topological polar surface area (TPSA) is 92.6 Å². The SMILES string of the molecule is CCOc1cc(C(=O)NC(=S)Nc2sc3c(c2C#N)CCC(C(C)(C)C)C3)cc(OCC)c1OCC. The molecule has 1 aromatic carbocycles. The summed E-state index contributed by atoms with van der Waals surface area (Å²) < 4.78 is 17.1. The van der Waals surface area contributed by atoms with E-state index in [1.165, 1.54) is 4.88 Å². The van der Waals surface area contributed by atoms with Crippen molar-refractivity contribution in [3.63, 3.8) is 0 Å². The van der Waals surface area contributed by atoms with Gasteiger partial charge in [0.15, 0.2) is 16.6 Å². The highest BCUT2D eigenvalue weighted by Gasteiger charge is 2.32. The van der Waals surface area contributed by atoms with E-state index < -0.39 is 5.91 Å². The summed E-state index contributed by atoms with van der Waals surface area (Å²) in [5.41, 5.74) is 2.27. The molecular formula is C27H35N3O4S2. The van der Waals surface area contributed by atoms with Gasteiger partial charge in [-0.1, -0.05) is 20.8 Å². The highest BCUT2D eigenvalue weighted by molar-refractivity contribution is 7.80. The molecule has 1 heterocycles. The second-order valence-corrected chi connectivity index (χ2v) is 11.1. The van der Waals surface area contributed by atoms with Crippen LogP contribution in [-0.4, -0.2) is 30.8 Å². The number of ether oxygens (including phenoxy) is 3. The molecule has 0 saturated carbocycles. The van der Waals surface area contributed by atoms with E-state index in [-0.39, 0.29) is 10.5 Å². The molecule has 1 aromatic heterocycles. The van der Waals surface area contributed by atoms with Gasteiger partial charge in [-0.25, -0.2) is 0 Å². The second-order valence-electron chi connectivity index (χ2n) is 9.63. The van der Waals surface area contributed by atoms with Crippen molar-refractivity contribution in [2.75, 3.05) is 25.1 Å². The Morgan fingerprint density at radius 2 is 1.75 bits per heavy atom. The first kappa shape index (κ1) is 27.8. The molecular weight excluding hydrogens is 494 g/mol. The van der Waals surface area contributed by atoms with Crippen LogP contribution in [0.3, 0.4) is 0 Å². The molecule has 2 N–H and O–H groups in total. The average molecular weight is 530 g/mol. The van der Waals surface area contributed by atoms with Crippen LogP contribution in [0.15, 0.2) is 12.1 Å². The van der Waals surface area contributed by atoms with Crippen LogP contribution < -0.4 is 24.8 Å². The maximum absolute atomic E-state index is 13.1. The van der Waals surface area contributed by atoms with E-state index in [0.717, 1.165) is 24.8 Å². The van der Waals surface area contributed by atoms with Gasteiger partial charge in [-0.15, -0.1) is 11.3 Å². The number of anilines is 1. The lowest BCUT2D eigenvalue weighted by Gasteiger charge is -2.33. The number of thiocarbonyl (C=S) groups is 1. The Morgan fingerprint density at radius 3 is 2.28 bits per heavy atom. The zero-order valence-corrected chi connectivity index (χ0v) is 23.5. The highest BCUT2D eigenvalue weighted by atomic mass is 32.1. The number of nitrogens with zero attached hydrogens (tertiary/aromatic N) is 1. The lowest BCUT2D eigenvalue weighted by molar-refractivity contribution is 0.0976. The van der Waals surface area contributed by atoms with Crippen LogP contribution in [0, 0.1) is 22.7 Å². The lowest BCUT2D eigenvalue weighted by Crippen LogP contribution is -2.34. The van der Waals surface area contributed by atoms with Crippen LogP contribution in [0.25, 0.3) is 0 Å². The molecule has 1 aliphatic rings. The van der Waals surface area contributed by atoms with Crippen molar-refractivity contribution in [1.82, 2.24) is 5.32 Å². The number of hydrogen-bond donors (Lipinski definition) is 2. The molecule has 0 fully saturated rings. The van der Waals surface area contributed by atoms with E-state index in [2.05, 4.69) is 37.5 Å². The maximum atomic E-state index is 13.1. The number of nitriles is 1. The minimum absolute atomic E-state index is 0.132. The summed E-state index contributed by atoms with van der Waals surface area (Å²) in [6.07, 6.45) is 2.89. The number of fused-ring (bicyclic) bond motifs is 1. The molecule has 0 saturated heterocycles. The predicted octanol–water partition coefficient (Wildman–Crippen LogP) is 6.09. The van der Waals surface area contributed by atoms with Gasteiger partial charge < -0.3 is 19.5 Å². The molecule has 7 nitrogen and oxygen atoms in total. The standard InChI is InChI=1S/C27H35N3O4S2/c1-7-32-20-12-16(13-21(33-8-2)23(20)34-9-3)24(31)29-26(35)30-25-19(15-28)18-11-10-17(27(4,5)6)14-22(18)36-25/h12-13,17H,7-11,14H2,1-6H3,(H2,29,30,31,35). The van der Waals surface area contributed by atoms with Gasteiger partial charge >= 0.3 is 0 Å². The number of nitrogens with one attached hydrogen (secondary N) is 2. The molecule has 36 heavy (non-hydrogen) atoms. The summed E-state index contributed by atoms with van der Waals surface area (Å²) in [5, 5.41) is 16.5. The molecule has 9 heteroatoms. The summed E-state index contributed by atoms with van der Waals surface area (Å²) in [4.78, 5) is 14.3. The smallest absolute Gasteiger partial charge is 0.257 e. The fourth-order valence-corrected chi connectivity index (χ4v) is 5.90. The first-order valence-electron chi connectivity index (χ1n) is 12.4. The number of rotatable bonds is 8. The monoisotopic (exact) mass is 529 g/mol. The minimum atomic E-state index is -0.412. The Hall–Kier alpha value is -2.83. The van der Waals surface area contributed by atoms with Crippen LogP contribution >= 0.6 is 23.6 Å². The second kappa shape index (κ2) is 11.9. The van der Waals surface area contributed by atoms with E-state index in [0.29, 0.717) is 59.1 Å². The largest absolute Gasteiger partial charge is 0.490 e. The molecule has 0 aliphatic heterocycles. The molecule has 0 radical (unpaired) electrons. The first-order valence-corrected chi connectivity index (χ1v) is 13.6. The fraction of sp³-hybridized carbons (Fsp3) is 0.519. The number of benzene rings is 1. The molecule has 3 rings (SSSR count). The van der Waals surface area contributed by atoms with Crippen molar-refractivity contribution in [2.24, 2.45) is 11.3 Å². The third-order valence-electron chi connectivity index (χ3n) is 6.23. The van der Waals surface area contributed by atoms with Gasteiger partial charge in [0, 0.05) is 10.4 Å². The molecule has 2 aromatic rings. The van der Waals surface area contributed by atoms with Gasteiger partial charge in [-0.3, -0.25) is 10.1 Å². The summed E-state index contributed by atoms with van der Waals surface area (Å²) in [6, 6.07) is 5.57. The number of thiophene rings is 1. The van der Waals surface area contributed by atoms with E-state index in [1.54, 1.807) is 23.5 Å². The summed E-state index contributed by atoms with van der Waals surface area (Å²) in [7, 11) is 0. The van der Waals surface area contributed by atoms with Gasteiger partial charge in [0.05, 0.1) is 25.4 Å². The molecule has 1 aliphatic carbocycles. The molecule has 1 atom stereocenters.